The van der Waals surface area contributed by atoms with E-state index in [0.717, 1.165) is 11.1 Å². The van der Waals surface area contributed by atoms with Gasteiger partial charge in [-0.2, -0.15) is 0 Å². The summed E-state index contributed by atoms with van der Waals surface area (Å²) in [6, 6.07) is 26.5. The highest BCUT2D eigenvalue weighted by Crippen LogP contribution is 2.12. The van der Waals surface area contributed by atoms with Gasteiger partial charge in [-0.15, -0.1) is 0 Å². The summed E-state index contributed by atoms with van der Waals surface area (Å²) in [7, 11) is 0. The van der Waals surface area contributed by atoms with Crippen LogP contribution in [-0.4, -0.2) is 29.3 Å². The van der Waals surface area contributed by atoms with Crippen molar-refractivity contribution in [2.24, 2.45) is 0 Å². The average molecular weight is 379 g/mol. The standard InChI is InChI=1S/C24H26FNO2/c25-23-13-11-21(12-14-23)16-26(15-20-7-3-1-4-8-20)17-24(27)19-28-18-22-9-5-2-6-10-22/h1-14,24,27H,15-19H2. The van der Waals surface area contributed by atoms with Crippen LogP contribution in [0.2, 0.25) is 0 Å². The fourth-order valence-corrected chi connectivity index (χ4v) is 3.11. The minimum Gasteiger partial charge on any atom is -0.389 e. The third-order valence-electron chi connectivity index (χ3n) is 4.46. The molecule has 0 aliphatic rings. The van der Waals surface area contributed by atoms with Gasteiger partial charge in [0.2, 0.25) is 0 Å². The van der Waals surface area contributed by atoms with E-state index in [1.807, 2.05) is 48.5 Å². The summed E-state index contributed by atoms with van der Waals surface area (Å²) >= 11 is 0. The topological polar surface area (TPSA) is 32.7 Å². The first-order chi connectivity index (χ1) is 13.7. The molecule has 0 saturated heterocycles. The number of hydrogen-bond donors (Lipinski definition) is 1. The number of hydrogen-bond acceptors (Lipinski definition) is 3. The fourth-order valence-electron chi connectivity index (χ4n) is 3.11. The molecule has 28 heavy (non-hydrogen) atoms. The Hall–Kier alpha value is -2.53. The van der Waals surface area contributed by atoms with Crippen molar-refractivity contribution in [2.45, 2.75) is 25.8 Å². The van der Waals surface area contributed by atoms with Crippen LogP contribution < -0.4 is 0 Å². The summed E-state index contributed by atoms with van der Waals surface area (Å²) in [6.07, 6.45) is -0.604. The molecule has 146 valence electrons. The first-order valence-corrected chi connectivity index (χ1v) is 9.49. The quantitative estimate of drug-likeness (QED) is 0.567. The van der Waals surface area contributed by atoms with Crippen molar-refractivity contribution in [3.05, 3.63) is 107 Å². The summed E-state index contributed by atoms with van der Waals surface area (Å²) in [4.78, 5) is 2.15. The number of benzene rings is 3. The predicted molar refractivity (Wildman–Crippen MR) is 109 cm³/mol. The van der Waals surface area contributed by atoms with Crippen molar-refractivity contribution in [1.29, 1.82) is 0 Å². The molecule has 0 aliphatic carbocycles. The number of halogens is 1. The molecule has 4 heteroatoms. The molecule has 0 aromatic heterocycles. The van der Waals surface area contributed by atoms with Crippen LogP contribution in [0.1, 0.15) is 16.7 Å². The Labute approximate surface area is 166 Å². The van der Waals surface area contributed by atoms with Gasteiger partial charge in [-0.05, 0) is 28.8 Å². The summed E-state index contributed by atoms with van der Waals surface area (Å²) in [5.74, 6) is -0.243. The largest absolute Gasteiger partial charge is 0.389 e. The second kappa shape index (κ2) is 10.7. The second-order valence-electron chi connectivity index (χ2n) is 6.94. The molecule has 1 atom stereocenters. The normalized spacial score (nSPS) is 12.2. The van der Waals surface area contributed by atoms with E-state index >= 15 is 0 Å². The van der Waals surface area contributed by atoms with Crippen molar-refractivity contribution in [1.82, 2.24) is 4.90 Å². The zero-order chi connectivity index (χ0) is 19.6. The monoisotopic (exact) mass is 379 g/mol. The Morgan fingerprint density at radius 2 is 1.29 bits per heavy atom. The lowest BCUT2D eigenvalue weighted by Crippen LogP contribution is -2.34. The SMILES string of the molecule is OC(COCc1ccccc1)CN(Cc1ccccc1)Cc1ccc(F)cc1. The zero-order valence-corrected chi connectivity index (χ0v) is 15.9. The van der Waals surface area contributed by atoms with E-state index in [1.165, 1.54) is 17.7 Å². The Balaban J connectivity index is 1.56. The van der Waals surface area contributed by atoms with E-state index < -0.39 is 6.10 Å². The second-order valence-corrected chi connectivity index (χ2v) is 6.94. The number of rotatable bonds is 10. The Morgan fingerprint density at radius 1 is 0.750 bits per heavy atom. The molecule has 0 aliphatic heterocycles. The van der Waals surface area contributed by atoms with Gasteiger partial charge in [0.15, 0.2) is 0 Å². The predicted octanol–water partition coefficient (Wildman–Crippen LogP) is 4.41. The molecule has 0 fully saturated rings. The van der Waals surface area contributed by atoms with E-state index in [2.05, 4.69) is 17.0 Å². The maximum atomic E-state index is 13.2. The summed E-state index contributed by atoms with van der Waals surface area (Å²) in [5.41, 5.74) is 3.26. The fraction of sp³-hybridized carbons (Fsp3) is 0.250. The van der Waals surface area contributed by atoms with Gasteiger partial charge in [0.05, 0.1) is 19.3 Å². The maximum Gasteiger partial charge on any atom is 0.123 e. The lowest BCUT2D eigenvalue weighted by Gasteiger charge is -2.25. The third kappa shape index (κ3) is 6.89. The molecule has 0 spiro atoms. The summed E-state index contributed by atoms with van der Waals surface area (Å²) < 4.78 is 18.9. The van der Waals surface area contributed by atoms with Crippen LogP contribution >= 0.6 is 0 Å². The minimum atomic E-state index is -0.604. The molecule has 0 heterocycles. The highest BCUT2D eigenvalue weighted by atomic mass is 19.1. The van der Waals surface area contributed by atoms with Gasteiger partial charge in [-0.25, -0.2) is 4.39 Å². The highest BCUT2D eigenvalue weighted by molar-refractivity contribution is 5.18. The molecule has 0 bridgehead atoms. The van der Waals surface area contributed by atoms with Crippen LogP contribution in [0.3, 0.4) is 0 Å². The number of aliphatic hydroxyl groups is 1. The van der Waals surface area contributed by atoms with Gasteiger partial charge < -0.3 is 9.84 Å². The van der Waals surface area contributed by atoms with Crippen LogP contribution in [0.5, 0.6) is 0 Å². The van der Waals surface area contributed by atoms with Crippen molar-refractivity contribution in [3.63, 3.8) is 0 Å². The van der Waals surface area contributed by atoms with Crippen LogP contribution in [0.25, 0.3) is 0 Å². The van der Waals surface area contributed by atoms with E-state index in [4.69, 9.17) is 4.74 Å². The molecule has 0 amide bonds. The minimum absolute atomic E-state index is 0.243. The number of nitrogens with zero attached hydrogens (tertiary/aromatic N) is 1. The van der Waals surface area contributed by atoms with E-state index in [0.29, 0.717) is 26.2 Å². The van der Waals surface area contributed by atoms with E-state index in [9.17, 15) is 9.50 Å². The number of ether oxygens (including phenoxy) is 1. The first kappa shape index (κ1) is 20.2. The Kier molecular flexibility index (Phi) is 7.73. The molecular formula is C24H26FNO2. The lowest BCUT2D eigenvalue weighted by molar-refractivity contribution is 0.00712. The number of aliphatic hydroxyl groups excluding tert-OH is 1. The Bertz CT molecular complexity index is 809. The smallest absolute Gasteiger partial charge is 0.123 e. The average Bonchev–Trinajstić information content (AvgIpc) is 2.71. The van der Waals surface area contributed by atoms with Gasteiger partial charge in [-0.3, -0.25) is 4.90 Å². The molecule has 1 unspecified atom stereocenters. The summed E-state index contributed by atoms with van der Waals surface area (Å²) in [5, 5.41) is 10.5. The lowest BCUT2D eigenvalue weighted by atomic mass is 10.1. The highest BCUT2D eigenvalue weighted by Gasteiger charge is 2.14. The zero-order valence-electron chi connectivity index (χ0n) is 15.9. The van der Waals surface area contributed by atoms with Gasteiger partial charge in [0, 0.05) is 19.6 Å². The van der Waals surface area contributed by atoms with E-state index in [1.54, 1.807) is 12.1 Å². The third-order valence-corrected chi connectivity index (χ3v) is 4.46. The molecule has 3 nitrogen and oxygen atoms in total. The molecule has 3 rings (SSSR count). The summed E-state index contributed by atoms with van der Waals surface area (Å²) in [6.45, 7) is 2.55. The van der Waals surface area contributed by atoms with E-state index in [-0.39, 0.29) is 12.4 Å². The molecule has 3 aromatic carbocycles. The van der Waals surface area contributed by atoms with Gasteiger partial charge in [0.1, 0.15) is 5.82 Å². The van der Waals surface area contributed by atoms with Gasteiger partial charge >= 0.3 is 0 Å². The van der Waals surface area contributed by atoms with Gasteiger partial charge in [0.25, 0.3) is 0 Å². The molecular weight excluding hydrogens is 353 g/mol. The molecule has 0 saturated carbocycles. The molecule has 1 N–H and O–H groups in total. The van der Waals surface area contributed by atoms with Crippen molar-refractivity contribution in [3.8, 4) is 0 Å². The maximum absolute atomic E-state index is 13.2. The van der Waals surface area contributed by atoms with Crippen molar-refractivity contribution < 1.29 is 14.2 Å². The van der Waals surface area contributed by atoms with Crippen molar-refractivity contribution in [2.75, 3.05) is 13.2 Å². The van der Waals surface area contributed by atoms with Crippen LogP contribution in [0.4, 0.5) is 4.39 Å². The van der Waals surface area contributed by atoms with Gasteiger partial charge in [-0.1, -0.05) is 72.8 Å². The molecule has 0 radical (unpaired) electrons. The first-order valence-electron chi connectivity index (χ1n) is 9.49. The molecule has 3 aromatic rings. The van der Waals surface area contributed by atoms with Crippen molar-refractivity contribution >= 4 is 0 Å². The van der Waals surface area contributed by atoms with Crippen LogP contribution in [-0.2, 0) is 24.4 Å². The van der Waals surface area contributed by atoms with Crippen LogP contribution in [0.15, 0.2) is 84.9 Å². The van der Waals surface area contributed by atoms with Crippen LogP contribution in [0, 0.1) is 5.82 Å². The Morgan fingerprint density at radius 3 is 1.89 bits per heavy atom.